The minimum absolute atomic E-state index is 0. The van der Waals surface area contributed by atoms with Gasteiger partial charge in [0.2, 0.25) is 0 Å². The molecule has 1 heterocycles. The number of hydrogen-bond donors (Lipinski definition) is 3. The van der Waals surface area contributed by atoms with Crippen molar-refractivity contribution >= 4 is 23.8 Å². The first kappa shape index (κ1) is 24.2. The summed E-state index contributed by atoms with van der Waals surface area (Å²) in [4.78, 5) is 44.3. The van der Waals surface area contributed by atoms with Crippen LogP contribution in [0.3, 0.4) is 0 Å². The molecule has 132 valence electrons. The Morgan fingerprint density at radius 2 is 1.38 bits per heavy atom. The van der Waals surface area contributed by atoms with Gasteiger partial charge in [-0.3, -0.25) is 24.1 Å². The number of rotatable bonds is 5. The molecule has 9 heteroatoms. The number of hydrogen-bond acceptors (Lipinski definition) is 5. The van der Waals surface area contributed by atoms with Gasteiger partial charge in [0, 0.05) is 34.2 Å². The van der Waals surface area contributed by atoms with E-state index < -0.39 is 23.8 Å². The van der Waals surface area contributed by atoms with Gasteiger partial charge in [0.05, 0.1) is 24.0 Å². The molecule has 24 heavy (non-hydrogen) atoms. The molecular formula is C15H19N2O6W-. The second-order valence-corrected chi connectivity index (χ2v) is 4.38. The summed E-state index contributed by atoms with van der Waals surface area (Å²) < 4.78 is 0. The Bertz CT molecular complexity index is 570. The number of carboxylic acids is 2. The number of carboxylic acid groups (broad SMARTS) is 2. The number of aliphatic carboxylic acids is 2. The number of carbonyl (C=O) groups excluding carboxylic acids is 2. The smallest absolute Gasteiger partial charge is 0.305 e. The van der Waals surface area contributed by atoms with Crippen LogP contribution in [0, 0.1) is 7.43 Å². The molecule has 0 spiro atoms. The molecule has 1 aliphatic rings. The number of imide groups is 1. The van der Waals surface area contributed by atoms with E-state index in [9.17, 15) is 19.2 Å². The molecule has 0 radical (unpaired) electrons. The van der Waals surface area contributed by atoms with Gasteiger partial charge in [-0.15, -0.1) is 0 Å². The third-order valence-electron chi connectivity index (χ3n) is 2.79. The van der Waals surface area contributed by atoms with Gasteiger partial charge in [-0.2, -0.15) is 0 Å². The zero-order valence-electron chi connectivity index (χ0n) is 13.1. The van der Waals surface area contributed by atoms with Crippen LogP contribution < -0.4 is 5.73 Å². The fourth-order valence-electron chi connectivity index (χ4n) is 1.77. The Morgan fingerprint density at radius 3 is 1.67 bits per heavy atom. The van der Waals surface area contributed by atoms with Crippen molar-refractivity contribution in [1.29, 1.82) is 0 Å². The van der Waals surface area contributed by atoms with Gasteiger partial charge in [-0.1, -0.05) is 12.1 Å². The van der Waals surface area contributed by atoms with Crippen LogP contribution in [-0.4, -0.2) is 52.0 Å². The van der Waals surface area contributed by atoms with E-state index in [1.165, 1.54) is 0 Å². The molecular weight excluding hydrogens is 488 g/mol. The third-order valence-corrected chi connectivity index (χ3v) is 2.79. The van der Waals surface area contributed by atoms with Crippen LogP contribution in [0.25, 0.3) is 0 Å². The fourth-order valence-corrected chi connectivity index (χ4v) is 1.77. The maximum atomic E-state index is 11.7. The molecule has 0 saturated carbocycles. The van der Waals surface area contributed by atoms with E-state index in [1.807, 2.05) is 0 Å². The third kappa shape index (κ3) is 6.60. The summed E-state index contributed by atoms with van der Waals surface area (Å²) >= 11 is 0. The van der Waals surface area contributed by atoms with Crippen LogP contribution in [0.1, 0.15) is 33.6 Å². The van der Waals surface area contributed by atoms with Crippen LogP contribution in [0.5, 0.6) is 0 Å². The SMILES string of the molecule is NCCC(=O)O.O=C(O)CCN1C(=O)c2ccccc2C1=O.[CH3-].[W]. The van der Waals surface area contributed by atoms with Crippen LogP contribution in [0.4, 0.5) is 0 Å². The molecule has 0 aliphatic carbocycles. The number of amides is 2. The molecule has 0 unspecified atom stereocenters. The topological polar surface area (TPSA) is 138 Å². The Labute approximate surface area is 153 Å². The van der Waals surface area contributed by atoms with Gasteiger partial charge in [0.15, 0.2) is 0 Å². The summed E-state index contributed by atoms with van der Waals surface area (Å²) in [5.41, 5.74) is 5.54. The van der Waals surface area contributed by atoms with E-state index in [1.54, 1.807) is 24.3 Å². The number of nitrogens with two attached hydrogens (primary N) is 1. The predicted octanol–water partition coefficient (Wildman–Crippen LogP) is 0.625. The van der Waals surface area contributed by atoms with Crippen molar-refractivity contribution in [2.24, 2.45) is 5.73 Å². The van der Waals surface area contributed by atoms with E-state index in [4.69, 9.17) is 15.9 Å². The number of carbonyl (C=O) groups is 4. The molecule has 2 rings (SSSR count). The zero-order chi connectivity index (χ0) is 16.7. The maximum absolute atomic E-state index is 11.7. The summed E-state index contributed by atoms with van der Waals surface area (Å²) in [6.45, 7) is 0.150. The number of nitrogens with zero attached hydrogens (tertiary/aromatic N) is 1. The molecule has 1 aliphatic heterocycles. The van der Waals surface area contributed by atoms with Gasteiger partial charge >= 0.3 is 11.9 Å². The number of benzene rings is 1. The first-order valence-electron chi connectivity index (χ1n) is 6.47. The predicted molar refractivity (Wildman–Crippen MR) is 81.8 cm³/mol. The standard InChI is InChI=1S/C11H9NO4.C3H7NO2.CH3.W/c13-9(14)5-6-12-10(15)7-3-1-2-4-8(7)11(12)16;4-2-1-3(5)6;;/h1-4H,5-6H2,(H,13,14);1-2,4H2,(H,5,6);1H3;/q;;-1;. The van der Waals surface area contributed by atoms with Crippen molar-refractivity contribution < 1.29 is 50.5 Å². The van der Waals surface area contributed by atoms with Gasteiger partial charge < -0.3 is 23.4 Å². The van der Waals surface area contributed by atoms with Crippen molar-refractivity contribution in [3.63, 3.8) is 0 Å². The zero-order valence-corrected chi connectivity index (χ0v) is 16.0. The molecule has 8 nitrogen and oxygen atoms in total. The van der Waals surface area contributed by atoms with E-state index in [0.717, 1.165) is 4.90 Å². The van der Waals surface area contributed by atoms with Crippen molar-refractivity contribution in [2.75, 3.05) is 13.1 Å². The Balaban J connectivity index is 0. The van der Waals surface area contributed by atoms with Crippen LogP contribution >= 0.6 is 0 Å². The second-order valence-electron chi connectivity index (χ2n) is 4.38. The molecule has 0 fully saturated rings. The van der Waals surface area contributed by atoms with Crippen LogP contribution in [-0.2, 0) is 30.7 Å². The normalized spacial score (nSPS) is 11.5. The van der Waals surface area contributed by atoms with Gasteiger partial charge in [0.1, 0.15) is 0 Å². The Kier molecular flexibility index (Phi) is 11.6. The summed E-state index contributed by atoms with van der Waals surface area (Å²) in [5.74, 6) is -2.70. The minimum Gasteiger partial charge on any atom is -0.481 e. The molecule has 0 bridgehead atoms. The minimum atomic E-state index is -1.03. The molecule has 0 saturated heterocycles. The van der Waals surface area contributed by atoms with Crippen molar-refractivity contribution in [3.8, 4) is 0 Å². The summed E-state index contributed by atoms with van der Waals surface area (Å²) in [5, 5.41) is 16.3. The number of fused-ring (bicyclic) bond motifs is 1. The quantitative estimate of drug-likeness (QED) is 0.393. The van der Waals surface area contributed by atoms with E-state index in [-0.39, 0.29) is 54.4 Å². The first-order valence-corrected chi connectivity index (χ1v) is 6.47. The average Bonchev–Trinajstić information content (AvgIpc) is 2.70. The van der Waals surface area contributed by atoms with E-state index in [2.05, 4.69) is 0 Å². The average molecular weight is 507 g/mol. The molecule has 2 amide bonds. The van der Waals surface area contributed by atoms with E-state index in [0.29, 0.717) is 11.1 Å². The monoisotopic (exact) mass is 507 g/mol. The molecule has 4 N–H and O–H groups in total. The van der Waals surface area contributed by atoms with Gasteiger partial charge in [0.25, 0.3) is 11.8 Å². The van der Waals surface area contributed by atoms with Gasteiger partial charge in [-0.05, 0) is 12.1 Å². The van der Waals surface area contributed by atoms with Crippen molar-refractivity contribution in [2.45, 2.75) is 12.8 Å². The molecule has 1 aromatic rings. The van der Waals surface area contributed by atoms with E-state index >= 15 is 0 Å². The van der Waals surface area contributed by atoms with Crippen LogP contribution in [0.15, 0.2) is 24.3 Å². The maximum Gasteiger partial charge on any atom is 0.305 e. The summed E-state index contributed by atoms with van der Waals surface area (Å²) in [6, 6.07) is 6.47. The second kappa shape index (κ2) is 11.5. The largest absolute Gasteiger partial charge is 0.481 e. The first-order chi connectivity index (χ1) is 10.4. The summed E-state index contributed by atoms with van der Waals surface area (Å²) in [7, 11) is 0. The summed E-state index contributed by atoms with van der Waals surface area (Å²) in [6.07, 6.45) is -0.161. The fraction of sp³-hybridized carbons (Fsp3) is 0.267. The van der Waals surface area contributed by atoms with Crippen molar-refractivity contribution in [3.05, 3.63) is 42.8 Å². The van der Waals surface area contributed by atoms with Gasteiger partial charge in [-0.25, -0.2) is 0 Å². The Hall–Kier alpha value is -2.05. The molecule has 1 aromatic carbocycles. The van der Waals surface area contributed by atoms with Crippen LogP contribution in [0.2, 0.25) is 0 Å². The molecule has 0 atom stereocenters. The van der Waals surface area contributed by atoms with Crippen molar-refractivity contribution in [1.82, 2.24) is 4.90 Å². The molecule has 0 aromatic heterocycles. The Morgan fingerprint density at radius 1 is 0.958 bits per heavy atom.